The van der Waals surface area contributed by atoms with Crippen LogP contribution in [0.4, 0.5) is 0 Å². The number of aryl methyl sites for hydroxylation is 1. The first-order chi connectivity index (χ1) is 11.6. The molecule has 0 fully saturated rings. The second kappa shape index (κ2) is 7.05. The Labute approximate surface area is 143 Å². The van der Waals surface area contributed by atoms with Crippen molar-refractivity contribution in [3.8, 4) is 6.07 Å². The molecule has 1 aromatic carbocycles. The summed E-state index contributed by atoms with van der Waals surface area (Å²) in [6.45, 7) is 0.747. The van der Waals surface area contributed by atoms with Gasteiger partial charge in [0.15, 0.2) is 17.5 Å². The van der Waals surface area contributed by atoms with E-state index < -0.39 is 16.7 Å². The molecule has 0 radical (unpaired) electrons. The first kappa shape index (κ1) is 16.5. The van der Waals surface area contributed by atoms with Crippen molar-refractivity contribution in [3.63, 3.8) is 0 Å². The van der Waals surface area contributed by atoms with Crippen molar-refractivity contribution < 1.29 is 9.00 Å². The molecule has 2 atom stereocenters. The second-order valence-corrected chi connectivity index (χ2v) is 7.22. The van der Waals surface area contributed by atoms with Crippen molar-refractivity contribution in [2.75, 3.05) is 6.26 Å². The van der Waals surface area contributed by atoms with Gasteiger partial charge in [0, 0.05) is 40.5 Å². The Morgan fingerprint density at radius 3 is 2.67 bits per heavy atom. The van der Waals surface area contributed by atoms with E-state index in [9.17, 15) is 14.3 Å². The van der Waals surface area contributed by atoms with Gasteiger partial charge in [0.1, 0.15) is 5.82 Å². The summed E-state index contributed by atoms with van der Waals surface area (Å²) in [6.07, 6.45) is 5.58. The van der Waals surface area contributed by atoms with Crippen LogP contribution in [0, 0.1) is 11.3 Å². The quantitative estimate of drug-likeness (QED) is 0.795. The van der Waals surface area contributed by atoms with Gasteiger partial charge in [-0.3, -0.25) is 9.00 Å². The summed E-state index contributed by atoms with van der Waals surface area (Å²) in [5.74, 6) is 0.0162. The smallest absolute Gasteiger partial charge is 0.187 e. The number of aromatic nitrogens is 3. The highest BCUT2D eigenvalue weighted by Gasteiger charge is 2.29. The average Bonchev–Trinajstić information content (AvgIpc) is 2.84. The lowest BCUT2D eigenvalue weighted by Crippen LogP contribution is -2.17. The predicted octanol–water partition coefficient (Wildman–Crippen LogP) is 2.23. The number of rotatable bonds is 4. The van der Waals surface area contributed by atoms with E-state index in [1.165, 1.54) is 0 Å². The fourth-order valence-corrected chi connectivity index (χ4v) is 3.45. The lowest BCUT2D eigenvalue weighted by atomic mass is 9.98. The molecule has 0 bridgehead atoms. The first-order valence-corrected chi connectivity index (χ1v) is 9.47. The molecule has 7 heteroatoms. The molecule has 0 unspecified atom stereocenters. The zero-order valence-electron chi connectivity index (χ0n) is 13.4. The van der Waals surface area contributed by atoms with Gasteiger partial charge in [-0.1, -0.05) is 18.6 Å². The molecule has 1 aromatic heterocycles. The van der Waals surface area contributed by atoms with Gasteiger partial charge in [0.05, 0.1) is 6.07 Å². The Hall–Kier alpha value is -2.33. The Bertz CT molecular complexity index is 820. The minimum absolute atomic E-state index is 0.301. The molecule has 0 aliphatic carbocycles. The SMILES string of the molecule is C[S@@](=O)c1ccc(C(=O)[C@H](C#N)c2nnc3n2CCCCC3)cc1. The van der Waals surface area contributed by atoms with Crippen LogP contribution in [-0.2, 0) is 23.8 Å². The van der Waals surface area contributed by atoms with E-state index in [1.807, 2.05) is 4.57 Å². The Balaban J connectivity index is 1.92. The molecular weight excluding hydrogens is 324 g/mol. The number of hydrogen-bond acceptors (Lipinski definition) is 5. The van der Waals surface area contributed by atoms with Crippen LogP contribution in [0.5, 0.6) is 0 Å². The van der Waals surface area contributed by atoms with Crippen LogP contribution in [0.2, 0.25) is 0 Å². The van der Waals surface area contributed by atoms with Crippen molar-refractivity contribution in [3.05, 3.63) is 41.5 Å². The van der Waals surface area contributed by atoms with Crippen LogP contribution in [0.1, 0.15) is 47.2 Å². The number of fused-ring (bicyclic) bond motifs is 1. The van der Waals surface area contributed by atoms with Gasteiger partial charge in [0.2, 0.25) is 0 Å². The summed E-state index contributed by atoms with van der Waals surface area (Å²) in [6, 6.07) is 8.62. The molecule has 6 nitrogen and oxygen atoms in total. The van der Waals surface area contributed by atoms with Gasteiger partial charge < -0.3 is 4.57 Å². The standard InChI is InChI=1S/C17H18N4O2S/c1-24(23)13-8-6-12(7-9-13)16(22)14(11-18)17-20-19-15-5-3-2-4-10-21(15)17/h6-9,14H,2-5,10H2,1H3/t14-,24+/m0/s1. The highest BCUT2D eigenvalue weighted by Crippen LogP contribution is 2.23. The molecule has 2 heterocycles. The molecule has 0 spiro atoms. The summed E-state index contributed by atoms with van der Waals surface area (Å²) >= 11 is 0. The summed E-state index contributed by atoms with van der Waals surface area (Å²) in [5.41, 5.74) is 0.418. The van der Waals surface area contributed by atoms with E-state index in [0.29, 0.717) is 16.3 Å². The molecule has 24 heavy (non-hydrogen) atoms. The number of nitrogens with zero attached hydrogens (tertiary/aromatic N) is 4. The number of carbonyl (C=O) groups is 1. The van der Waals surface area contributed by atoms with Gasteiger partial charge in [-0.25, -0.2) is 0 Å². The van der Waals surface area contributed by atoms with E-state index in [-0.39, 0.29) is 5.78 Å². The second-order valence-electron chi connectivity index (χ2n) is 5.84. The summed E-state index contributed by atoms with van der Waals surface area (Å²) in [5, 5.41) is 17.8. The summed E-state index contributed by atoms with van der Waals surface area (Å²) in [7, 11) is -1.10. The van der Waals surface area contributed by atoms with Crippen molar-refractivity contribution in [1.82, 2.24) is 14.8 Å². The van der Waals surface area contributed by atoms with Crippen LogP contribution in [0.15, 0.2) is 29.2 Å². The molecule has 0 N–H and O–H groups in total. The summed E-state index contributed by atoms with van der Waals surface area (Å²) in [4.78, 5) is 13.4. The van der Waals surface area contributed by atoms with E-state index in [4.69, 9.17) is 0 Å². The number of hydrogen-bond donors (Lipinski definition) is 0. The van der Waals surface area contributed by atoms with Gasteiger partial charge in [-0.05, 0) is 25.0 Å². The molecule has 0 saturated heterocycles. The number of benzene rings is 1. The highest BCUT2D eigenvalue weighted by atomic mass is 32.2. The number of ketones is 1. The Morgan fingerprint density at radius 1 is 1.25 bits per heavy atom. The normalized spacial score (nSPS) is 16.5. The average molecular weight is 342 g/mol. The molecule has 124 valence electrons. The topological polar surface area (TPSA) is 88.6 Å². The van der Waals surface area contributed by atoms with Gasteiger partial charge >= 0.3 is 0 Å². The third-order valence-electron chi connectivity index (χ3n) is 4.26. The molecule has 0 saturated carbocycles. The van der Waals surface area contributed by atoms with Crippen LogP contribution >= 0.6 is 0 Å². The fraction of sp³-hybridized carbons (Fsp3) is 0.412. The molecule has 0 amide bonds. The minimum atomic E-state index is -1.10. The fourth-order valence-electron chi connectivity index (χ4n) is 2.93. The van der Waals surface area contributed by atoms with Gasteiger partial charge in [-0.15, -0.1) is 10.2 Å². The number of carbonyl (C=O) groups excluding carboxylic acids is 1. The zero-order valence-corrected chi connectivity index (χ0v) is 14.3. The van der Waals surface area contributed by atoms with Crippen molar-refractivity contribution >= 4 is 16.6 Å². The van der Waals surface area contributed by atoms with Gasteiger partial charge in [-0.2, -0.15) is 5.26 Å². The molecule has 1 aliphatic heterocycles. The maximum atomic E-state index is 12.7. The maximum Gasteiger partial charge on any atom is 0.187 e. The number of Topliss-reactive ketones (excluding diaryl/α,β-unsaturated/α-hetero) is 1. The zero-order chi connectivity index (χ0) is 17.1. The molecule has 1 aliphatic rings. The van der Waals surface area contributed by atoms with E-state index in [1.54, 1.807) is 30.5 Å². The van der Waals surface area contributed by atoms with Gasteiger partial charge in [0.25, 0.3) is 0 Å². The van der Waals surface area contributed by atoms with Crippen LogP contribution in [-0.4, -0.2) is 31.0 Å². The highest BCUT2D eigenvalue weighted by molar-refractivity contribution is 7.84. The maximum absolute atomic E-state index is 12.7. The third-order valence-corrected chi connectivity index (χ3v) is 5.19. The summed E-state index contributed by atoms with van der Waals surface area (Å²) < 4.78 is 13.4. The van der Waals surface area contributed by atoms with Crippen molar-refractivity contribution in [2.24, 2.45) is 0 Å². The lowest BCUT2D eigenvalue weighted by Gasteiger charge is -2.11. The first-order valence-electron chi connectivity index (χ1n) is 7.91. The molecular formula is C17H18N4O2S. The minimum Gasteiger partial charge on any atom is -0.313 e. The van der Waals surface area contributed by atoms with E-state index >= 15 is 0 Å². The Morgan fingerprint density at radius 2 is 2.00 bits per heavy atom. The van der Waals surface area contributed by atoms with Crippen molar-refractivity contribution in [1.29, 1.82) is 5.26 Å². The van der Waals surface area contributed by atoms with Crippen LogP contribution in [0.25, 0.3) is 0 Å². The number of nitriles is 1. The molecule has 2 aromatic rings. The third kappa shape index (κ3) is 3.15. The monoisotopic (exact) mass is 342 g/mol. The Kier molecular flexibility index (Phi) is 4.86. The van der Waals surface area contributed by atoms with Crippen molar-refractivity contribution in [2.45, 2.75) is 43.0 Å². The predicted molar refractivity (Wildman–Crippen MR) is 89.0 cm³/mol. The van der Waals surface area contributed by atoms with E-state index in [2.05, 4.69) is 16.3 Å². The lowest BCUT2D eigenvalue weighted by molar-refractivity contribution is 0.0974. The van der Waals surface area contributed by atoms with Crippen LogP contribution < -0.4 is 0 Å². The van der Waals surface area contributed by atoms with E-state index in [0.717, 1.165) is 38.1 Å². The largest absolute Gasteiger partial charge is 0.313 e. The van der Waals surface area contributed by atoms with Crippen LogP contribution in [0.3, 0.4) is 0 Å². The molecule has 3 rings (SSSR count).